The number of carbonyl (C=O) groups excluding carboxylic acids is 1. The van der Waals surface area contributed by atoms with Crippen molar-refractivity contribution in [3.05, 3.63) is 77.4 Å². The number of methoxy groups -OCH3 is 1. The summed E-state index contributed by atoms with van der Waals surface area (Å²) in [4.78, 5) is 12.7. The number of ether oxygens (including phenoxy) is 2. The van der Waals surface area contributed by atoms with Crippen molar-refractivity contribution in [1.82, 2.24) is 0 Å². The van der Waals surface area contributed by atoms with Gasteiger partial charge >= 0.3 is 0 Å². The van der Waals surface area contributed by atoms with Crippen LogP contribution in [0.4, 0.5) is 5.69 Å². The summed E-state index contributed by atoms with van der Waals surface area (Å²) in [5, 5.41) is 2.99. The molecule has 4 nitrogen and oxygen atoms in total. The Morgan fingerprint density at radius 3 is 2.59 bits per heavy atom. The molecule has 0 saturated heterocycles. The van der Waals surface area contributed by atoms with Crippen molar-refractivity contribution in [2.45, 2.75) is 13.3 Å². The van der Waals surface area contributed by atoms with Gasteiger partial charge in [0.25, 0.3) is 5.91 Å². The first-order valence-electron chi connectivity index (χ1n) is 9.03. The summed E-state index contributed by atoms with van der Waals surface area (Å²) in [5.74, 6) is 1.01. The van der Waals surface area contributed by atoms with Crippen LogP contribution >= 0.6 is 0 Å². The topological polar surface area (TPSA) is 47.6 Å². The zero-order valence-electron chi connectivity index (χ0n) is 15.4. The van der Waals surface area contributed by atoms with Crippen LogP contribution in [0.25, 0.3) is 11.1 Å². The first-order chi connectivity index (χ1) is 13.2. The second-order valence-corrected chi connectivity index (χ2v) is 6.46. The minimum absolute atomic E-state index is 0.172. The predicted molar refractivity (Wildman–Crippen MR) is 107 cm³/mol. The maximum Gasteiger partial charge on any atom is 0.255 e. The van der Waals surface area contributed by atoms with Gasteiger partial charge in [0.15, 0.2) is 11.5 Å². The Kier molecular flexibility index (Phi) is 4.55. The Balaban J connectivity index is 1.56. The van der Waals surface area contributed by atoms with Crippen LogP contribution in [0.1, 0.15) is 28.4 Å². The van der Waals surface area contributed by atoms with Gasteiger partial charge in [0.05, 0.1) is 13.7 Å². The van der Waals surface area contributed by atoms with Gasteiger partial charge < -0.3 is 14.8 Å². The summed E-state index contributed by atoms with van der Waals surface area (Å²) in [5.41, 5.74) is 6.41. The van der Waals surface area contributed by atoms with Gasteiger partial charge in [-0.3, -0.25) is 4.79 Å². The first-order valence-corrected chi connectivity index (χ1v) is 9.03. The maximum absolute atomic E-state index is 12.7. The molecule has 136 valence electrons. The fourth-order valence-corrected chi connectivity index (χ4v) is 3.51. The molecule has 27 heavy (non-hydrogen) atoms. The monoisotopic (exact) mass is 359 g/mol. The number of fused-ring (bicyclic) bond motifs is 3. The van der Waals surface area contributed by atoms with E-state index >= 15 is 0 Å². The Labute approximate surface area is 158 Å². The molecule has 0 spiro atoms. The fourth-order valence-electron chi connectivity index (χ4n) is 3.51. The molecule has 0 aromatic heterocycles. The fraction of sp³-hybridized carbons (Fsp3) is 0.174. The number of hydrogen-bond acceptors (Lipinski definition) is 3. The lowest BCUT2D eigenvalue weighted by molar-refractivity contribution is 0.102. The number of nitrogens with one attached hydrogen (secondary N) is 1. The van der Waals surface area contributed by atoms with Crippen LogP contribution < -0.4 is 14.8 Å². The number of carbonyl (C=O) groups is 1. The van der Waals surface area contributed by atoms with Crippen LogP contribution in [0.3, 0.4) is 0 Å². The summed E-state index contributed by atoms with van der Waals surface area (Å²) in [6, 6.07) is 19.7. The maximum atomic E-state index is 12.7. The third-order valence-electron chi connectivity index (χ3n) is 4.78. The third kappa shape index (κ3) is 3.26. The minimum atomic E-state index is -0.172. The highest BCUT2D eigenvalue weighted by Crippen LogP contribution is 2.37. The lowest BCUT2D eigenvalue weighted by Gasteiger charge is -2.12. The van der Waals surface area contributed by atoms with Crippen LogP contribution in [0.5, 0.6) is 11.5 Å². The smallest absolute Gasteiger partial charge is 0.255 e. The Bertz CT molecular complexity index is 1010. The van der Waals surface area contributed by atoms with Crippen LogP contribution in [-0.2, 0) is 6.42 Å². The van der Waals surface area contributed by atoms with Crippen molar-refractivity contribution in [3.63, 3.8) is 0 Å². The van der Waals surface area contributed by atoms with Crippen LogP contribution in [0.2, 0.25) is 0 Å². The van der Waals surface area contributed by atoms with E-state index in [4.69, 9.17) is 9.47 Å². The lowest BCUT2D eigenvalue weighted by atomic mass is 10.1. The molecule has 0 fully saturated rings. The second-order valence-electron chi connectivity index (χ2n) is 6.46. The molecule has 0 atom stereocenters. The average molecular weight is 359 g/mol. The largest absolute Gasteiger partial charge is 0.493 e. The Hall–Kier alpha value is -3.27. The molecule has 0 aliphatic heterocycles. The van der Waals surface area contributed by atoms with Gasteiger partial charge in [0.1, 0.15) is 0 Å². The summed E-state index contributed by atoms with van der Waals surface area (Å²) < 4.78 is 10.8. The number of benzene rings is 3. The van der Waals surface area contributed by atoms with E-state index in [0.29, 0.717) is 23.7 Å². The molecule has 3 aromatic carbocycles. The third-order valence-corrected chi connectivity index (χ3v) is 4.78. The zero-order valence-corrected chi connectivity index (χ0v) is 15.4. The molecular weight excluding hydrogens is 338 g/mol. The summed E-state index contributed by atoms with van der Waals surface area (Å²) in [6.45, 7) is 2.40. The van der Waals surface area contributed by atoms with Gasteiger partial charge in [0.2, 0.25) is 0 Å². The lowest BCUT2D eigenvalue weighted by Crippen LogP contribution is -2.12. The summed E-state index contributed by atoms with van der Waals surface area (Å²) >= 11 is 0. The van der Waals surface area contributed by atoms with E-state index in [2.05, 4.69) is 41.7 Å². The van der Waals surface area contributed by atoms with Gasteiger partial charge in [0, 0.05) is 11.3 Å². The number of amides is 1. The Morgan fingerprint density at radius 1 is 0.963 bits per heavy atom. The van der Waals surface area contributed by atoms with Crippen molar-refractivity contribution in [2.24, 2.45) is 0 Å². The zero-order chi connectivity index (χ0) is 18.8. The molecule has 0 saturated carbocycles. The number of rotatable bonds is 5. The number of hydrogen-bond donors (Lipinski definition) is 1. The predicted octanol–water partition coefficient (Wildman–Crippen LogP) is 4.92. The van der Waals surface area contributed by atoms with Crippen molar-refractivity contribution < 1.29 is 14.3 Å². The molecule has 0 unspecified atom stereocenters. The van der Waals surface area contributed by atoms with E-state index in [1.54, 1.807) is 25.3 Å². The SMILES string of the molecule is CCOc1cc(C(=O)Nc2ccc3c(c2)Cc2ccccc2-3)ccc1OC. The molecule has 0 bridgehead atoms. The van der Waals surface area contributed by atoms with E-state index in [0.717, 1.165) is 12.1 Å². The van der Waals surface area contributed by atoms with Crippen LogP contribution in [0.15, 0.2) is 60.7 Å². The molecular formula is C23H21NO3. The molecule has 1 aliphatic carbocycles. The average Bonchev–Trinajstić information content (AvgIpc) is 3.06. The van der Waals surface area contributed by atoms with Gasteiger partial charge in [-0.1, -0.05) is 30.3 Å². The molecule has 3 aromatic rings. The quantitative estimate of drug-likeness (QED) is 0.550. The molecule has 0 radical (unpaired) electrons. The van der Waals surface area contributed by atoms with E-state index in [1.165, 1.54) is 22.3 Å². The van der Waals surface area contributed by atoms with E-state index < -0.39 is 0 Å². The van der Waals surface area contributed by atoms with E-state index in [-0.39, 0.29) is 5.91 Å². The summed E-state index contributed by atoms with van der Waals surface area (Å²) in [6.07, 6.45) is 0.895. The highest BCUT2D eigenvalue weighted by atomic mass is 16.5. The Morgan fingerprint density at radius 2 is 1.78 bits per heavy atom. The van der Waals surface area contributed by atoms with Gasteiger partial charge in [-0.05, 0) is 65.9 Å². The standard InChI is InChI=1S/C23H21NO3/c1-3-27-22-14-16(8-11-21(22)26-2)23(25)24-18-9-10-20-17(13-18)12-15-6-4-5-7-19(15)20/h4-11,13-14H,3,12H2,1-2H3,(H,24,25). The highest BCUT2D eigenvalue weighted by Gasteiger charge is 2.18. The normalized spacial score (nSPS) is 11.5. The molecule has 0 heterocycles. The van der Waals surface area contributed by atoms with Crippen LogP contribution in [-0.4, -0.2) is 19.6 Å². The second kappa shape index (κ2) is 7.16. The van der Waals surface area contributed by atoms with Crippen molar-refractivity contribution in [1.29, 1.82) is 0 Å². The van der Waals surface area contributed by atoms with Gasteiger partial charge in [-0.15, -0.1) is 0 Å². The minimum Gasteiger partial charge on any atom is -0.493 e. The van der Waals surface area contributed by atoms with Gasteiger partial charge in [-0.25, -0.2) is 0 Å². The molecule has 4 heteroatoms. The van der Waals surface area contributed by atoms with Crippen molar-refractivity contribution >= 4 is 11.6 Å². The van der Waals surface area contributed by atoms with E-state index in [1.807, 2.05) is 13.0 Å². The molecule has 1 N–H and O–H groups in total. The molecule has 1 amide bonds. The van der Waals surface area contributed by atoms with Crippen molar-refractivity contribution in [3.8, 4) is 22.6 Å². The highest BCUT2D eigenvalue weighted by molar-refractivity contribution is 6.05. The van der Waals surface area contributed by atoms with Crippen LogP contribution in [0, 0.1) is 0 Å². The van der Waals surface area contributed by atoms with E-state index in [9.17, 15) is 4.79 Å². The number of anilines is 1. The van der Waals surface area contributed by atoms with Crippen molar-refractivity contribution in [2.75, 3.05) is 19.0 Å². The molecule has 4 rings (SSSR count). The summed E-state index contributed by atoms with van der Waals surface area (Å²) in [7, 11) is 1.58. The first kappa shape index (κ1) is 17.2. The molecule has 1 aliphatic rings. The van der Waals surface area contributed by atoms with Gasteiger partial charge in [-0.2, -0.15) is 0 Å².